The monoisotopic (exact) mass is 384 g/mol. The van der Waals surface area contributed by atoms with E-state index in [1.807, 2.05) is 18.2 Å². The Kier molecular flexibility index (Phi) is 4.25. The highest BCUT2D eigenvalue weighted by Gasteiger charge is 2.33. The topological polar surface area (TPSA) is 42.9 Å². The summed E-state index contributed by atoms with van der Waals surface area (Å²) in [6.07, 6.45) is 0. The molecule has 0 unspecified atom stereocenters. The number of anilines is 1. The van der Waals surface area contributed by atoms with E-state index < -0.39 is 0 Å². The van der Waals surface area contributed by atoms with Crippen LogP contribution < -0.4 is 19.5 Å². The van der Waals surface area contributed by atoms with Crippen molar-refractivity contribution in [2.24, 2.45) is 4.99 Å². The molecule has 3 aromatic rings. The quantitative estimate of drug-likeness (QED) is 0.616. The van der Waals surface area contributed by atoms with Crippen LogP contribution in [0.4, 0.5) is 11.4 Å². The Hall–Kier alpha value is -2.31. The molecule has 0 atom stereocenters. The lowest BCUT2D eigenvalue weighted by Crippen LogP contribution is -2.31. The molecular weight excluding hydrogens is 364 g/mol. The van der Waals surface area contributed by atoms with Gasteiger partial charge in [-0.1, -0.05) is 38.9 Å². The van der Waals surface area contributed by atoms with E-state index in [4.69, 9.17) is 14.5 Å². The van der Waals surface area contributed by atoms with E-state index in [2.05, 4.69) is 43.4 Å². The van der Waals surface area contributed by atoms with Gasteiger partial charge in [0.1, 0.15) is 21.9 Å². The van der Waals surface area contributed by atoms with E-state index in [1.165, 1.54) is 16.0 Å². The largest absolute Gasteiger partial charge is 0.497 e. The lowest BCUT2D eigenvalue weighted by Gasteiger charge is -2.33. The molecule has 6 heteroatoms. The Labute approximate surface area is 160 Å². The van der Waals surface area contributed by atoms with Crippen molar-refractivity contribution >= 4 is 32.1 Å². The third-order valence-electron chi connectivity index (χ3n) is 4.46. The van der Waals surface area contributed by atoms with Gasteiger partial charge in [0.15, 0.2) is 0 Å². The minimum absolute atomic E-state index is 0.128. The van der Waals surface area contributed by atoms with Gasteiger partial charge in [0, 0.05) is 22.9 Å². The number of methoxy groups -OCH3 is 2. The number of nitrogens with zero attached hydrogens (tertiary/aromatic N) is 1. The van der Waals surface area contributed by atoms with E-state index in [1.54, 1.807) is 34.9 Å². The van der Waals surface area contributed by atoms with Gasteiger partial charge >= 0.3 is 0 Å². The zero-order valence-corrected chi connectivity index (χ0v) is 16.8. The van der Waals surface area contributed by atoms with Crippen molar-refractivity contribution in [3.8, 4) is 22.6 Å². The van der Waals surface area contributed by atoms with Crippen LogP contribution in [0.2, 0.25) is 0 Å². The van der Waals surface area contributed by atoms with Crippen LogP contribution in [0, 0.1) is 0 Å². The Bertz CT molecular complexity index is 1030. The standard InChI is InChI=1S/C20H20N2O2S2/c1-20(2)18-17(13-7-5-6-8-14(13)22-20)19(26-25-18)21-15-11-12(23-3)9-10-16(15)24-4/h5-11,22H,1-4H3. The molecule has 134 valence electrons. The second-order valence-corrected chi connectivity index (χ2v) is 8.75. The number of rotatable bonds is 3. The number of nitrogens with one attached hydrogen (secondary N) is 1. The Morgan fingerprint density at radius 2 is 1.81 bits per heavy atom. The lowest BCUT2D eigenvalue weighted by atomic mass is 9.90. The predicted octanol–water partition coefficient (Wildman–Crippen LogP) is 5.39. The zero-order chi connectivity index (χ0) is 18.3. The number of hydrogen-bond acceptors (Lipinski definition) is 6. The van der Waals surface area contributed by atoms with Gasteiger partial charge in [0.2, 0.25) is 0 Å². The van der Waals surface area contributed by atoms with Crippen LogP contribution in [0.1, 0.15) is 18.7 Å². The van der Waals surface area contributed by atoms with Crippen molar-refractivity contribution in [2.45, 2.75) is 19.4 Å². The van der Waals surface area contributed by atoms with Gasteiger partial charge in [0.25, 0.3) is 0 Å². The summed E-state index contributed by atoms with van der Waals surface area (Å²) >= 11 is 0. The average molecular weight is 385 g/mol. The van der Waals surface area contributed by atoms with Crippen LogP contribution in [-0.2, 0) is 5.54 Å². The van der Waals surface area contributed by atoms with Crippen LogP contribution in [0.15, 0.2) is 47.5 Å². The van der Waals surface area contributed by atoms with Gasteiger partial charge in [-0.05, 0) is 32.0 Å². The summed E-state index contributed by atoms with van der Waals surface area (Å²) in [4.78, 5) is 6.26. The molecule has 2 aromatic carbocycles. The molecule has 0 amide bonds. The van der Waals surface area contributed by atoms with Crippen LogP contribution >= 0.6 is 20.7 Å². The normalized spacial score (nSPS) is 15.0. The van der Waals surface area contributed by atoms with Crippen molar-refractivity contribution in [3.05, 3.63) is 52.0 Å². The molecule has 26 heavy (non-hydrogen) atoms. The fraction of sp³-hybridized carbons (Fsp3) is 0.250. The van der Waals surface area contributed by atoms with Crippen LogP contribution in [0.3, 0.4) is 0 Å². The van der Waals surface area contributed by atoms with Gasteiger partial charge in [-0.3, -0.25) is 0 Å². The summed E-state index contributed by atoms with van der Waals surface area (Å²) in [6, 6.07) is 14.1. The van der Waals surface area contributed by atoms with Crippen molar-refractivity contribution in [2.75, 3.05) is 19.5 Å². The molecule has 1 aliphatic rings. The number of hydrogen-bond donors (Lipinski definition) is 1. The maximum absolute atomic E-state index is 5.49. The molecule has 0 saturated carbocycles. The van der Waals surface area contributed by atoms with Crippen molar-refractivity contribution in [1.29, 1.82) is 0 Å². The van der Waals surface area contributed by atoms with Crippen molar-refractivity contribution in [1.82, 2.24) is 0 Å². The molecule has 0 aliphatic carbocycles. The first-order valence-corrected chi connectivity index (χ1v) is 10.5. The fourth-order valence-electron chi connectivity index (χ4n) is 3.19. The molecule has 1 aliphatic heterocycles. The third kappa shape index (κ3) is 2.79. The molecule has 1 N–H and O–H groups in total. The Balaban J connectivity index is 1.97. The van der Waals surface area contributed by atoms with Gasteiger partial charge in [0.05, 0.1) is 24.6 Å². The number of para-hydroxylation sites is 1. The van der Waals surface area contributed by atoms with Gasteiger partial charge in [-0.2, -0.15) is 0 Å². The smallest absolute Gasteiger partial charge is 0.144 e. The molecule has 0 bridgehead atoms. The van der Waals surface area contributed by atoms with E-state index in [-0.39, 0.29) is 5.54 Å². The summed E-state index contributed by atoms with van der Waals surface area (Å²) in [6.45, 7) is 4.42. The number of benzene rings is 2. The molecule has 2 heterocycles. The van der Waals surface area contributed by atoms with Gasteiger partial charge in [-0.15, -0.1) is 0 Å². The number of ether oxygens (including phenoxy) is 2. The lowest BCUT2D eigenvalue weighted by molar-refractivity contribution is 0.404. The zero-order valence-electron chi connectivity index (χ0n) is 15.1. The molecule has 4 nitrogen and oxygen atoms in total. The Morgan fingerprint density at radius 1 is 1.00 bits per heavy atom. The first-order chi connectivity index (χ1) is 12.5. The highest BCUT2D eigenvalue weighted by Crippen LogP contribution is 2.45. The molecule has 4 rings (SSSR count). The number of fused-ring (bicyclic) bond motifs is 3. The second-order valence-electron chi connectivity index (χ2n) is 6.62. The molecule has 0 radical (unpaired) electrons. The Morgan fingerprint density at radius 3 is 2.58 bits per heavy atom. The van der Waals surface area contributed by atoms with Crippen LogP contribution in [-0.4, -0.2) is 14.2 Å². The highest BCUT2D eigenvalue weighted by molar-refractivity contribution is 7.68. The van der Waals surface area contributed by atoms with Crippen molar-refractivity contribution in [3.63, 3.8) is 0 Å². The predicted molar refractivity (Wildman–Crippen MR) is 109 cm³/mol. The fourth-order valence-corrected chi connectivity index (χ4v) is 6.12. The summed E-state index contributed by atoms with van der Waals surface area (Å²) in [5.41, 5.74) is 4.20. The van der Waals surface area contributed by atoms with Gasteiger partial charge < -0.3 is 14.8 Å². The van der Waals surface area contributed by atoms with Crippen LogP contribution in [0.25, 0.3) is 11.1 Å². The summed E-state index contributed by atoms with van der Waals surface area (Å²) < 4.78 is 11.8. The maximum Gasteiger partial charge on any atom is 0.144 e. The maximum atomic E-state index is 5.49. The van der Waals surface area contributed by atoms with E-state index >= 15 is 0 Å². The second kappa shape index (κ2) is 6.45. The average Bonchev–Trinajstić information content (AvgIpc) is 3.06. The van der Waals surface area contributed by atoms with Gasteiger partial charge in [-0.25, -0.2) is 4.99 Å². The summed E-state index contributed by atoms with van der Waals surface area (Å²) in [5, 5.41) is 3.64. The first kappa shape index (κ1) is 17.1. The summed E-state index contributed by atoms with van der Waals surface area (Å²) in [7, 11) is 6.80. The van der Waals surface area contributed by atoms with Crippen molar-refractivity contribution < 1.29 is 9.47 Å². The SMILES string of the molecule is COc1ccc(OC)c(N=c2ssc3c2-c2ccccc2NC3(C)C)c1. The summed E-state index contributed by atoms with van der Waals surface area (Å²) in [5.74, 6) is 1.50. The molecule has 0 fully saturated rings. The molecule has 0 saturated heterocycles. The minimum atomic E-state index is -0.128. The first-order valence-electron chi connectivity index (χ1n) is 8.31. The minimum Gasteiger partial charge on any atom is -0.497 e. The highest BCUT2D eigenvalue weighted by atomic mass is 32.9. The third-order valence-corrected chi connectivity index (χ3v) is 7.11. The van der Waals surface area contributed by atoms with E-state index in [9.17, 15) is 0 Å². The van der Waals surface area contributed by atoms with E-state index in [0.29, 0.717) is 0 Å². The van der Waals surface area contributed by atoms with E-state index in [0.717, 1.165) is 27.5 Å². The molecule has 1 aromatic heterocycles. The molecular formula is C20H20N2O2S2. The van der Waals surface area contributed by atoms with Crippen LogP contribution in [0.5, 0.6) is 11.5 Å². The molecule has 0 spiro atoms.